The lowest BCUT2D eigenvalue weighted by atomic mass is 10.1. The predicted molar refractivity (Wildman–Crippen MR) is 76.8 cm³/mol. The molecule has 1 aliphatic rings. The van der Waals surface area contributed by atoms with Gasteiger partial charge in [-0.2, -0.15) is 0 Å². The third-order valence-electron chi connectivity index (χ3n) is 3.33. The maximum Gasteiger partial charge on any atom is 0.324 e. The van der Waals surface area contributed by atoms with Crippen molar-refractivity contribution < 1.29 is 14.6 Å². The minimum Gasteiger partial charge on any atom is -0.508 e. The summed E-state index contributed by atoms with van der Waals surface area (Å²) in [6.45, 7) is 4.71. The molecule has 5 nitrogen and oxygen atoms in total. The smallest absolute Gasteiger partial charge is 0.324 e. The van der Waals surface area contributed by atoms with Gasteiger partial charge in [0.05, 0.1) is 6.61 Å². The van der Waals surface area contributed by atoms with Gasteiger partial charge in [0.1, 0.15) is 11.8 Å². The predicted octanol–water partition coefficient (Wildman–Crippen LogP) is 1.38. The molecule has 1 atom stereocenters. The van der Waals surface area contributed by atoms with Crippen LogP contribution in [0.15, 0.2) is 18.2 Å². The summed E-state index contributed by atoms with van der Waals surface area (Å²) in [4.78, 5) is 14.0. The summed E-state index contributed by atoms with van der Waals surface area (Å²) in [5.41, 5.74) is 0.716. The van der Waals surface area contributed by atoms with Gasteiger partial charge in [-0.25, -0.2) is 0 Å². The summed E-state index contributed by atoms with van der Waals surface area (Å²) in [5, 5.41) is 13.6. The van der Waals surface area contributed by atoms with Gasteiger partial charge in [-0.3, -0.25) is 9.69 Å². The zero-order valence-electron chi connectivity index (χ0n) is 11.4. The molecule has 0 radical (unpaired) electrons. The number of phenols is 1. The largest absolute Gasteiger partial charge is 0.508 e. The zero-order valence-corrected chi connectivity index (χ0v) is 12.2. The van der Waals surface area contributed by atoms with E-state index >= 15 is 0 Å². The first-order valence-corrected chi connectivity index (χ1v) is 7.08. The molecule has 0 spiro atoms. The molecule has 0 bridgehead atoms. The molecule has 0 amide bonds. The number of ether oxygens (including phenoxy) is 1. The molecule has 110 valence electrons. The van der Waals surface area contributed by atoms with Crippen molar-refractivity contribution in [2.24, 2.45) is 0 Å². The second kappa shape index (κ2) is 6.92. The first-order chi connectivity index (χ1) is 9.61. The highest BCUT2D eigenvalue weighted by molar-refractivity contribution is 6.30. The summed E-state index contributed by atoms with van der Waals surface area (Å²) in [5.74, 6) is -0.0447. The van der Waals surface area contributed by atoms with Crippen LogP contribution in [-0.4, -0.2) is 48.3 Å². The number of carbonyl (C=O) groups excluding carboxylic acids is 1. The van der Waals surface area contributed by atoms with Crippen LogP contribution in [-0.2, 0) is 16.1 Å². The van der Waals surface area contributed by atoms with Crippen LogP contribution in [0.5, 0.6) is 5.75 Å². The Bertz CT molecular complexity index is 481. The normalized spacial score (nSPS) is 19.8. The molecule has 0 aliphatic carbocycles. The summed E-state index contributed by atoms with van der Waals surface area (Å²) in [6, 6.07) is 4.60. The minimum absolute atomic E-state index is 0.190. The van der Waals surface area contributed by atoms with Crippen LogP contribution in [0.25, 0.3) is 0 Å². The van der Waals surface area contributed by atoms with Gasteiger partial charge in [-0.1, -0.05) is 11.6 Å². The topological polar surface area (TPSA) is 61.8 Å². The quantitative estimate of drug-likeness (QED) is 0.823. The number of piperazine rings is 1. The Labute approximate surface area is 123 Å². The van der Waals surface area contributed by atoms with E-state index in [2.05, 4.69) is 5.32 Å². The summed E-state index contributed by atoms with van der Waals surface area (Å²) in [6.07, 6.45) is 0. The number of halogens is 1. The van der Waals surface area contributed by atoms with Gasteiger partial charge < -0.3 is 15.2 Å². The van der Waals surface area contributed by atoms with Crippen LogP contribution in [0.3, 0.4) is 0 Å². The maximum atomic E-state index is 12.0. The number of carbonyl (C=O) groups is 1. The molecule has 1 aromatic rings. The fourth-order valence-electron chi connectivity index (χ4n) is 2.31. The number of aromatic hydroxyl groups is 1. The molecule has 1 heterocycles. The van der Waals surface area contributed by atoms with E-state index in [9.17, 15) is 9.90 Å². The Hall–Kier alpha value is -1.30. The van der Waals surface area contributed by atoms with Crippen LogP contribution in [0.1, 0.15) is 12.5 Å². The van der Waals surface area contributed by atoms with Gasteiger partial charge >= 0.3 is 5.97 Å². The fraction of sp³-hybridized carbons (Fsp3) is 0.500. The summed E-state index contributed by atoms with van der Waals surface area (Å²) in [7, 11) is 0. The van der Waals surface area contributed by atoms with E-state index in [4.69, 9.17) is 16.3 Å². The molecular weight excluding hydrogens is 280 g/mol. The van der Waals surface area contributed by atoms with Crippen LogP contribution >= 0.6 is 11.6 Å². The average molecular weight is 299 g/mol. The highest BCUT2D eigenvalue weighted by Crippen LogP contribution is 2.24. The monoisotopic (exact) mass is 298 g/mol. The van der Waals surface area contributed by atoms with Crippen LogP contribution in [0.2, 0.25) is 5.02 Å². The van der Waals surface area contributed by atoms with Gasteiger partial charge in [-0.15, -0.1) is 0 Å². The number of esters is 1. The van der Waals surface area contributed by atoms with Crippen LogP contribution in [0.4, 0.5) is 0 Å². The molecule has 20 heavy (non-hydrogen) atoms. The van der Waals surface area contributed by atoms with Crippen LogP contribution < -0.4 is 5.32 Å². The van der Waals surface area contributed by atoms with E-state index < -0.39 is 0 Å². The molecule has 2 N–H and O–H groups in total. The first kappa shape index (κ1) is 15.1. The molecule has 1 saturated heterocycles. The van der Waals surface area contributed by atoms with Crippen LogP contribution in [0, 0.1) is 0 Å². The Balaban J connectivity index is 2.12. The van der Waals surface area contributed by atoms with Crippen molar-refractivity contribution in [3.63, 3.8) is 0 Å². The van der Waals surface area contributed by atoms with Gasteiger partial charge in [0.15, 0.2) is 0 Å². The van der Waals surface area contributed by atoms with Crippen molar-refractivity contribution in [3.8, 4) is 5.75 Å². The Morgan fingerprint density at radius 3 is 3.15 bits per heavy atom. The van der Waals surface area contributed by atoms with Crippen molar-refractivity contribution in [1.29, 1.82) is 0 Å². The number of benzene rings is 1. The van der Waals surface area contributed by atoms with E-state index in [1.54, 1.807) is 25.1 Å². The zero-order chi connectivity index (χ0) is 14.5. The lowest BCUT2D eigenvalue weighted by Gasteiger charge is -2.34. The summed E-state index contributed by atoms with van der Waals surface area (Å²) < 4.78 is 5.09. The van der Waals surface area contributed by atoms with Crippen molar-refractivity contribution >= 4 is 17.6 Å². The number of hydrogen-bond acceptors (Lipinski definition) is 5. The van der Waals surface area contributed by atoms with Crippen molar-refractivity contribution in [2.75, 3.05) is 26.2 Å². The minimum atomic E-state index is -0.331. The second-order valence-corrected chi connectivity index (χ2v) is 5.15. The number of nitrogens with one attached hydrogen (secondary N) is 1. The summed E-state index contributed by atoms with van der Waals surface area (Å²) >= 11 is 5.95. The Morgan fingerprint density at radius 2 is 2.40 bits per heavy atom. The Morgan fingerprint density at radius 1 is 1.60 bits per heavy atom. The molecular formula is C14H19ClN2O3. The Kier molecular flexibility index (Phi) is 5.23. The van der Waals surface area contributed by atoms with Gasteiger partial charge in [0.25, 0.3) is 0 Å². The number of rotatable bonds is 4. The van der Waals surface area contributed by atoms with Gasteiger partial charge in [-0.05, 0) is 25.1 Å². The molecule has 0 aromatic heterocycles. The first-order valence-electron chi connectivity index (χ1n) is 6.70. The highest BCUT2D eigenvalue weighted by atomic mass is 35.5. The van der Waals surface area contributed by atoms with E-state index in [0.717, 1.165) is 13.1 Å². The van der Waals surface area contributed by atoms with Crippen molar-refractivity contribution in [2.45, 2.75) is 19.5 Å². The third kappa shape index (κ3) is 3.62. The number of nitrogens with zero attached hydrogens (tertiary/aromatic N) is 1. The average Bonchev–Trinajstić information content (AvgIpc) is 2.44. The fourth-order valence-corrected chi connectivity index (χ4v) is 2.50. The van der Waals surface area contributed by atoms with E-state index in [1.165, 1.54) is 0 Å². The molecule has 1 aliphatic heterocycles. The molecule has 2 rings (SSSR count). The van der Waals surface area contributed by atoms with E-state index in [-0.39, 0.29) is 17.8 Å². The van der Waals surface area contributed by atoms with E-state index in [1.807, 2.05) is 4.90 Å². The van der Waals surface area contributed by atoms with Crippen molar-refractivity contribution in [3.05, 3.63) is 28.8 Å². The number of phenolic OH excluding ortho intramolecular Hbond substituents is 1. The van der Waals surface area contributed by atoms with E-state index in [0.29, 0.717) is 30.3 Å². The number of hydrogen-bond donors (Lipinski definition) is 2. The SMILES string of the molecule is CCOC(=O)C1CNCCN1Cc1cc(Cl)ccc1O. The standard InChI is InChI=1S/C14H19ClN2O3/c1-2-20-14(19)12-8-16-5-6-17(12)9-10-7-11(15)3-4-13(10)18/h3-4,7,12,16,18H,2,5-6,8-9H2,1H3. The lowest BCUT2D eigenvalue weighted by molar-refractivity contribution is -0.150. The van der Waals surface area contributed by atoms with Gasteiger partial charge in [0, 0.05) is 36.8 Å². The highest BCUT2D eigenvalue weighted by Gasteiger charge is 2.30. The molecule has 6 heteroatoms. The molecule has 1 aromatic carbocycles. The third-order valence-corrected chi connectivity index (χ3v) is 3.56. The second-order valence-electron chi connectivity index (χ2n) is 4.72. The van der Waals surface area contributed by atoms with Gasteiger partial charge in [0.2, 0.25) is 0 Å². The molecule has 0 saturated carbocycles. The molecule has 1 unspecified atom stereocenters. The van der Waals surface area contributed by atoms with Crippen molar-refractivity contribution in [1.82, 2.24) is 10.2 Å². The maximum absolute atomic E-state index is 12.0. The lowest BCUT2D eigenvalue weighted by Crippen LogP contribution is -2.54. The molecule has 1 fully saturated rings.